The molecule has 0 spiro atoms. The summed E-state index contributed by atoms with van der Waals surface area (Å²) in [7, 11) is 0. The van der Waals surface area contributed by atoms with E-state index >= 15 is 0 Å². The van der Waals surface area contributed by atoms with Crippen LogP contribution in [0.4, 0.5) is 0 Å². The van der Waals surface area contributed by atoms with E-state index in [9.17, 15) is 9.59 Å². The molecule has 0 bridgehead atoms. The van der Waals surface area contributed by atoms with Gasteiger partial charge in [-0.25, -0.2) is 4.79 Å². The maximum absolute atomic E-state index is 12.1. The lowest BCUT2D eigenvalue weighted by Gasteiger charge is -2.15. The molecular weight excluding hydrogens is 262 g/mol. The zero-order chi connectivity index (χ0) is 14.4. The van der Waals surface area contributed by atoms with E-state index in [4.69, 9.17) is 5.11 Å². The van der Waals surface area contributed by atoms with Crippen LogP contribution in [-0.2, 0) is 4.79 Å². The first-order valence-electron chi connectivity index (χ1n) is 6.05. The van der Waals surface area contributed by atoms with Crippen molar-refractivity contribution in [3.8, 4) is 0 Å². The third-order valence-corrected chi connectivity index (χ3v) is 3.48. The molecule has 0 saturated carbocycles. The van der Waals surface area contributed by atoms with Crippen molar-refractivity contribution in [2.45, 2.75) is 26.3 Å². The van der Waals surface area contributed by atoms with E-state index in [1.807, 2.05) is 32.2 Å². The van der Waals surface area contributed by atoms with E-state index in [-0.39, 0.29) is 5.91 Å². The van der Waals surface area contributed by atoms with Crippen molar-refractivity contribution in [1.29, 1.82) is 0 Å². The fraction of sp³-hybridized carbons (Fsp3) is 0.429. The predicted octanol–water partition coefficient (Wildman–Crippen LogP) is 2.24. The van der Waals surface area contributed by atoms with Gasteiger partial charge in [-0.2, -0.15) is 11.8 Å². The van der Waals surface area contributed by atoms with Crippen LogP contribution in [0.1, 0.15) is 27.9 Å². The Morgan fingerprint density at radius 1 is 1.37 bits per heavy atom. The van der Waals surface area contributed by atoms with Crippen molar-refractivity contribution in [2.24, 2.45) is 0 Å². The number of nitrogens with one attached hydrogen (secondary N) is 1. The maximum Gasteiger partial charge on any atom is 0.326 e. The molecule has 104 valence electrons. The first-order valence-corrected chi connectivity index (χ1v) is 7.45. The van der Waals surface area contributed by atoms with Gasteiger partial charge in [-0.3, -0.25) is 4.79 Å². The Hall–Kier alpha value is -1.49. The summed E-state index contributed by atoms with van der Waals surface area (Å²) < 4.78 is 0. The summed E-state index contributed by atoms with van der Waals surface area (Å²) in [6.45, 7) is 3.80. The maximum atomic E-state index is 12.1. The number of hydrogen-bond donors (Lipinski definition) is 2. The average molecular weight is 281 g/mol. The van der Waals surface area contributed by atoms with E-state index < -0.39 is 12.0 Å². The highest BCUT2D eigenvalue weighted by molar-refractivity contribution is 7.98. The Labute approximate surface area is 117 Å². The Bertz CT molecular complexity index is 474. The molecule has 0 radical (unpaired) electrons. The molecule has 2 N–H and O–H groups in total. The van der Waals surface area contributed by atoms with Crippen molar-refractivity contribution in [2.75, 3.05) is 12.0 Å². The van der Waals surface area contributed by atoms with Gasteiger partial charge in [0.15, 0.2) is 0 Å². The van der Waals surface area contributed by atoms with Crippen LogP contribution < -0.4 is 5.32 Å². The second-order valence-electron chi connectivity index (χ2n) is 4.46. The molecule has 0 heterocycles. The van der Waals surface area contributed by atoms with Gasteiger partial charge in [0.1, 0.15) is 6.04 Å². The second kappa shape index (κ2) is 7.19. The average Bonchev–Trinajstić information content (AvgIpc) is 2.33. The molecule has 0 aromatic heterocycles. The third kappa shape index (κ3) is 4.59. The highest BCUT2D eigenvalue weighted by atomic mass is 32.2. The molecule has 0 aliphatic rings. The lowest BCUT2D eigenvalue weighted by atomic mass is 10.0. The molecule has 19 heavy (non-hydrogen) atoms. The standard InChI is InChI=1S/C14H19NO3S/c1-9-4-5-11(10(2)8-9)13(16)15-12(14(17)18)6-7-19-3/h4-5,8,12H,6-7H2,1-3H3,(H,15,16)(H,17,18). The molecule has 0 fully saturated rings. The summed E-state index contributed by atoms with van der Waals surface area (Å²) in [5.41, 5.74) is 2.46. The molecular formula is C14H19NO3S. The molecule has 0 aliphatic heterocycles. The summed E-state index contributed by atoms with van der Waals surface area (Å²) in [5.74, 6) is -0.623. The lowest BCUT2D eigenvalue weighted by Crippen LogP contribution is -2.41. The number of benzene rings is 1. The Balaban J connectivity index is 2.78. The Morgan fingerprint density at radius 2 is 2.05 bits per heavy atom. The molecule has 0 aliphatic carbocycles. The third-order valence-electron chi connectivity index (χ3n) is 2.84. The second-order valence-corrected chi connectivity index (χ2v) is 5.45. The van der Waals surface area contributed by atoms with Gasteiger partial charge in [-0.1, -0.05) is 17.7 Å². The monoisotopic (exact) mass is 281 g/mol. The Morgan fingerprint density at radius 3 is 2.58 bits per heavy atom. The Kier molecular flexibility index (Phi) is 5.89. The summed E-state index contributed by atoms with van der Waals surface area (Å²) >= 11 is 1.56. The first kappa shape index (κ1) is 15.6. The minimum atomic E-state index is -0.993. The number of aliphatic carboxylic acids is 1. The number of rotatable bonds is 6. The smallest absolute Gasteiger partial charge is 0.326 e. The van der Waals surface area contributed by atoms with Crippen LogP contribution in [0.5, 0.6) is 0 Å². The van der Waals surface area contributed by atoms with Gasteiger partial charge in [0.2, 0.25) is 0 Å². The summed E-state index contributed by atoms with van der Waals surface area (Å²) in [6, 6.07) is 4.65. The summed E-state index contributed by atoms with van der Waals surface area (Å²) in [5, 5.41) is 11.7. The van der Waals surface area contributed by atoms with Crippen molar-refractivity contribution < 1.29 is 14.7 Å². The van der Waals surface area contributed by atoms with Gasteiger partial charge in [-0.15, -0.1) is 0 Å². The quantitative estimate of drug-likeness (QED) is 0.839. The molecule has 1 amide bonds. The van der Waals surface area contributed by atoms with Crippen LogP contribution in [0.25, 0.3) is 0 Å². The number of aryl methyl sites for hydroxylation is 2. The number of carbonyl (C=O) groups is 2. The van der Waals surface area contributed by atoms with E-state index in [1.54, 1.807) is 17.8 Å². The first-order chi connectivity index (χ1) is 8.95. The number of carboxylic acids is 1. The van der Waals surface area contributed by atoms with Gasteiger partial charge in [-0.05, 0) is 43.9 Å². The van der Waals surface area contributed by atoms with E-state index in [2.05, 4.69) is 5.32 Å². The molecule has 1 unspecified atom stereocenters. The van der Waals surface area contributed by atoms with Gasteiger partial charge >= 0.3 is 5.97 Å². The van der Waals surface area contributed by atoms with Crippen molar-refractivity contribution >= 4 is 23.6 Å². The largest absolute Gasteiger partial charge is 0.480 e. The number of amides is 1. The molecule has 5 heteroatoms. The van der Waals surface area contributed by atoms with E-state index in [1.165, 1.54) is 0 Å². The van der Waals surface area contributed by atoms with Gasteiger partial charge in [0.05, 0.1) is 0 Å². The van der Waals surface area contributed by atoms with Crippen molar-refractivity contribution in [3.63, 3.8) is 0 Å². The topological polar surface area (TPSA) is 66.4 Å². The van der Waals surface area contributed by atoms with Crippen molar-refractivity contribution in [1.82, 2.24) is 5.32 Å². The lowest BCUT2D eigenvalue weighted by molar-refractivity contribution is -0.139. The van der Waals surface area contributed by atoms with Crippen LogP contribution in [0, 0.1) is 13.8 Å². The normalized spacial score (nSPS) is 11.9. The number of thioether (sulfide) groups is 1. The van der Waals surface area contributed by atoms with Crippen LogP contribution >= 0.6 is 11.8 Å². The fourth-order valence-corrected chi connectivity index (χ4v) is 2.27. The minimum Gasteiger partial charge on any atom is -0.480 e. The SMILES string of the molecule is CSCCC(NC(=O)c1ccc(C)cc1C)C(=O)O. The highest BCUT2D eigenvalue weighted by Crippen LogP contribution is 2.11. The zero-order valence-electron chi connectivity index (χ0n) is 11.4. The number of hydrogen-bond acceptors (Lipinski definition) is 3. The van der Waals surface area contributed by atoms with Crippen LogP contribution in [0.15, 0.2) is 18.2 Å². The van der Waals surface area contributed by atoms with Crippen LogP contribution in [-0.4, -0.2) is 35.0 Å². The number of carbonyl (C=O) groups excluding carboxylic acids is 1. The molecule has 4 nitrogen and oxygen atoms in total. The van der Waals surface area contributed by atoms with Gasteiger partial charge in [0.25, 0.3) is 5.91 Å². The molecule has 1 rings (SSSR count). The van der Waals surface area contributed by atoms with Crippen LogP contribution in [0.3, 0.4) is 0 Å². The summed E-state index contributed by atoms with van der Waals surface area (Å²) in [6.07, 6.45) is 2.33. The van der Waals surface area contributed by atoms with Gasteiger partial charge in [0, 0.05) is 5.56 Å². The predicted molar refractivity (Wildman–Crippen MR) is 77.8 cm³/mol. The molecule has 0 saturated heterocycles. The zero-order valence-corrected chi connectivity index (χ0v) is 12.2. The van der Waals surface area contributed by atoms with Crippen molar-refractivity contribution in [3.05, 3.63) is 34.9 Å². The van der Waals surface area contributed by atoms with E-state index in [0.29, 0.717) is 17.7 Å². The summed E-state index contributed by atoms with van der Waals surface area (Å²) in [4.78, 5) is 23.2. The fourth-order valence-electron chi connectivity index (χ4n) is 1.80. The van der Waals surface area contributed by atoms with E-state index in [0.717, 1.165) is 11.1 Å². The van der Waals surface area contributed by atoms with Crippen LogP contribution in [0.2, 0.25) is 0 Å². The highest BCUT2D eigenvalue weighted by Gasteiger charge is 2.20. The molecule has 1 aromatic rings. The minimum absolute atomic E-state index is 0.328. The number of carboxylic acid groups (broad SMARTS) is 1. The molecule has 1 aromatic carbocycles. The molecule has 1 atom stereocenters. The van der Waals surface area contributed by atoms with Gasteiger partial charge < -0.3 is 10.4 Å².